The van der Waals surface area contributed by atoms with Gasteiger partial charge in [0.2, 0.25) is 0 Å². The molecule has 1 saturated carbocycles. The number of hydrogen-bond acceptors (Lipinski definition) is 10. The summed E-state index contributed by atoms with van der Waals surface area (Å²) in [5.41, 5.74) is 0. The van der Waals surface area contributed by atoms with Gasteiger partial charge < -0.3 is 44.5 Å². The van der Waals surface area contributed by atoms with Crippen molar-refractivity contribution in [3.05, 3.63) is 0 Å². The fourth-order valence-corrected chi connectivity index (χ4v) is 2.90. The topological polar surface area (TPSA) is 163 Å². The lowest BCUT2D eigenvalue weighted by molar-refractivity contribution is -0.144. The molecular weight excluding hydrogens is 364 g/mol. The van der Waals surface area contributed by atoms with Crippen molar-refractivity contribution in [2.45, 2.75) is 43.4 Å². The molecule has 0 aromatic carbocycles. The van der Waals surface area contributed by atoms with Gasteiger partial charge in [-0.25, -0.2) is 0 Å². The number of ether oxygens (including phenoxy) is 3. The predicted molar refractivity (Wildman–Crippen MR) is 92.9 cm³/mol. The van der Waals surface area contributed by atoms with E-state index < -0.39 is 36.4 Å². The zero-order valence-corrected chi connectivity index (χ0v) is 15.9. The molecule has 0 bridgehead atoms. The first-order chi connectivity index (χ1) is 12.8. The van der Waals surface area contributed by atoms with E-state index in [2.05, 4.69) is 4.74 Å². The van der Waals surface area contributed by atoms with Crippen LogP contribution in [0, 0.1) is 11.8 Å². The van der Waals surface area contributed by atoms with E-state index in [4.69, 9.17) is 29.9 Å². The van der Waals surface area contributed by atoms with Gasteiger partial charge in [-0.15, -0.1) is 0 Å². The molecule has 5 N–H and O–H groups in total. The molecule has 1 rings (SSSR count). The number of carbonyl (C=O) groups is 2. The molecule has 7 atom stereocenters. The van der Waals surface area contributed by atoms with Crippen LogP contribution in [0.3, 0.4) is 0 Å². The third-order valence-corrected chi connectivity index (χ3v) is 4.58. The number of hydrogen-bond donors (Lipinski definition) is 5. The van der Waals surface area contributed by atoms with Gasteiger partial charge in [0.15, 0.2) is 5.78 Å². The van der Waals surface area contributed by atoms with Crippen LogP contribution in [0.2, 0.25) is 0 Å². The summed E-state index contributed by atoms with van der Waals surface area (Å²) in [4.78, 5) is 22.3. The Morgan fingerprint density at radius 2 is 1.70 bits per heavy atom. The van der Waals surface area contributed by atoms with Gasteiger partial charge in [-0.1, -0.05) is 0 Å². The fourth-order valence-electron chi connectivity index (χ4n) is 2.90. The van der Waals surface area contributed by atoms with Crippen molar-refractivity contribution in [2.24, 2.45) is 11.8 Å². The largest absolute Gasteiger partial charge is 0.396 e. The summed E-state index contributed by atoms with van der Waals surface area (Å²) < 4.78 is 14.5. The number of Topliss-reactive ketones (excluding diaryl/α,β-unsaturated/α-hetero) is 1. The highest BCUT2D eigenvalue weighted by atomic mass is 16.5. The van der Waals surface area contributed by atoms with E-state index in [1.165, 1.54) is 21.3 Å². The van der Waals surface area contributed by atoms with Crippen LogP contribution in [-0.4, -0.2) is 109 Å². The molecule has 0 saturated heterocycles. The highest BCUT2D eigenvalue weighted by molar-refractivity contribution is 5.85. The van der Waals surface area contributed by atoms with Crippen LogP contribution in [0.5, 0.6) is 0 Å². The van der Waals surface area contributed by atoms with E-state index in [0.29, 0.717) is 19.1 Å². The van der Waals surface area contributed by atoms with E-state index in [1.807, 2.05) is 0 Å². The van der Waals surface area contributed by atoms with Crippen molar-refractivity contribution in [2.75, 3.05) is 41.2 Å². The Bertz CT molecular complexity index is 417. The van der Waals surface area contributed by atoms with Gasteiger partial charge >= 0.3 is 0 Å². The predicted octanol–water partition coefficient (Wildman–Crippen LogP) is -2.49. The molecular formula is C17H32O10. The summed E-state index contributed by atoms with van der Waals surface area (Å²) in [5, 5.41) is 45.3. The number of carbonyl (C=O) groups excluding carboxylic acids is 2. The SMILES string of the molecule is COCC(=O)C(OC)C(CO)C(C=O)OC.OCC1CCC(O)C(O)C1O. The van der Waals surface area contributed by atoms with Crippen LogP contribution >= 0.6 is 0 Å². The summed E-state index contributed by atoms with van der Waals surface area (Å²) in [6, 6.07) is 0. The minimum absolute atomic E-state index is 0.134. The molecule has 10 heteroatoms. The molecule has 0 radical (unpaired) electrons. The summed E-state index contributed by atoms with van der Waals surface area (Å²) in [6.07, 6.45) is -3.17. The Morgan fingerprint density at radius 3 is 2.11 bits per heavy atom. The molecule has 1 fully saturated rings. The Morgan fingerprint density at radius 1 is 1.07 bits per heavy atom. The first-order valence-electron chi connectivity index (χ1n) is 8.61. The third-order valence-electron chi connectivity index (χ3n) is 4.58. The van der Waals surface area contributed by atoms with Gasteiger partial charge in [-0.05, 0) is 12.8 Å². The molecule has 0 aromatic heterocycles. The van der Waals surface area contributed by atoms with Crippen LogP contribution < -0.4 is 0 Å². The molecule has 160 valence electrons. The minimum atomic E-state index is -1.10. The fraction of sp³-hybridized carbons (Fsp3) is 0.882. The number of ketones is 1. The average Bonchev–Trinajstić information content (AvgIpc) is 2.67. The van der Waals surface area contributed by atoms with Crippen LogP contribution in [-0.2, 0) is 23.8 Å². The Hall–Kier alpha value is -0.980. The molecule has 0 amide bonds. The number of methoxy groups -OCH3 is 3. The highest BCUT2D eigenvalue weighted by Crippen LogP contribution is 2.24. The maximum Gasteiger partial charge on any atom is 0.187 e. The van der Waals surface area contributed by atoms with E-state index in [9.17, 15) is 14.7 Å². The normalized spacial score (nSPS) is 28.4. The van der Waals surface area contributed by atoms with Gasteiger partial charge in [0.05, 0.1) is 18.8 Å². The molecule has 10 nitrogen and oxygen atoms in total. The second kappa shape index (κ2) is 14.1. The van der Waals surface area contributed by atoms with Gasteiger partial charge in [0, 0.05) is 39.8 Å². The summed E-state index contributed by atoms with van der Waals surface area (Å²) in [5.74, 6) is -1.35. The molecule has 27 heavy (non-hydrogen) atoms. The van der Waals surface area contributed by atoms with Crippen LogP contribution in [0.15, 0.2) is 0 Å². The first-order valence-corrected chi connectivity index (χ1v) is 8.61. The molecule has 1 aliphatic carbocycles. The quantitative estimate of drug-likeness (QED) is 0.250. The Kier molecular flexibility index (Phi) is 13.6. The molecule has 1 aliphatic rings. The third kappa shape index (κ3) is 7.88. The molecule has 7 unspecified atom stereocenters. The average molecular weight is 396 g/mol. The van der Waals surface area contributed by atoms with E-state index in [-0.39, 0.29) is 31.5 Å². The lowest BCUT2D eigenvalue weighted by atomic mass is 9.83. The summed E-state index contributed by atoms with van der Waals surface area (Å²) in [6.45, 7) is -0.652. The van der Waals surface area contributed by atoms with Crippen molar-refractivity contribution < 1.29 is 49.3 Å². The van der Waals surface area contributed by atoms with Crippen molar-refractivity contribution in [1.29, 1.82) is 0 Å². The Balaban J connectivity index is 0.000000533. The van der Waals surface area contributed by atoms with Gasteiger partial charge in [-0.2, -0.15) is 0 Å². The highest BCUT2D eigenvalue weighted by Gasteiger charge is 2.36. The van der Waals surface area contributed by atoms with E-state index in [0.717, 1.165) is 0 Å². The first kappa shape index (κ1) is 26.0. The number of aldehydes is 1. The van der Waals surface area contributed by atoms with Crippen molar-refractivity contribution >= 4 is 12.1 Å². The maximum atomic E-state index is 11.6. The van der Waals surface area contributed by atoms with Gasteiger partial charge in [0.25, 0.3) is 0 Å². The summed E-state index contributed by atoms with van der Waals surface area (Å²) >= 11 is 0. The van der Waals surface area contributed by atoms with E-state index in [1.54, 1.807) is 0 Å². The standard InChI is InChI=1S/C10H18O6.C7H14O4/c1-14-6-8(13)10(16-3)7(4-11)9(5-12)15-2;8-3-4-1-2-5(9)7(11)6(4)10/h5,7,9-11H,4,6H2,1-3H3;4-11H,1-3H2. The van der Waals surface area contributed by atoms with Crippen molar-refractivity contribution in [3.8, 4) is 0 Å². The second-order valence-electron chi connectivity index (χ2n) is 6.31. The minimum Gasteiger partial charge on any atom is -0.396 e. The van der Waals surface area contributed by atoms with Crippen LogP contribution in [0.4, 0.5) is 0 Å². The monoisotopic (exact) mass is 396 g/mol. The number of aliphatic hydroxyl groups is 5. The van der Waals surface area contributed by atoms with Crippen molar-refractivity contribution in [3.63, 3.8) is 0 Å². The lowest BCUT2D eigenvalue weighted by Crippen LogP contribution is -2.47. The number of aliphatic hydroxyl groups excluding tert-OH is 5. The van der Waals surface area contributed by atoms with Gasteiger partial charge in [0.1, 0.15) is 31.2 Å². The molecule has 0 aliphatic heterocycles. The molecule has 0 spiro atoms. The maximum absolute atomic E-state index is 11.6. The lowest BCUT2D eigenvalue weighted by Gasteiger charge is -2.33. The van der Waals surface area contributed by atoms with E-state index >= 15 is 0 Å². The molecule has 0 heterocycles. The Labute approximate surface area is 158 Å². The summed E-state index contributed by atoms with van der Waals surface area (Å²) in [7, 11) is 4.04. The zero-order valence-electron chi connectivity index (χ0n) is 15.9. The zero-order chi connectivity index (χ0) is 21.0. The smallest absolute Gasteiger partial charge is 0.187 e. The van der Waals surface area contributed by atoms with Crippen molar-refractivity contribution in [1.82, 2.24) is 0 Å². The molecule has 0 aromatic rings. The number of rotatable bonds is 10. The van der Waals surface area contributed by atoms with Crippen LogP contribution in [0.25, 0.3) is 0 Å². The second-order valence-corrected chi connectivity index (χ2v) is 6.31. The van der Waals surface area contributed by atoms with Gasteiger partial charge in [-0.3, -0.25) is 4.79 Å². The van der Waals surface area contributed by atoms with Crippen LogP contribution in [0.1, 0.15) is 12.8 Å².